The van der Waals surface area contributed by atoms with E-state index in [1.807, 2.05) is 68.0 Å². The van der Waals surface area contributed by atoms with Gasteiger partial charge in [-0.15, -0.1) is 0 Å². The molecular formula is C15H20INO4. The van der Waals surface area contributed by atoms with Gasteiger partial charge in [0, 0.05) is 6.54 Å². The Morgan fingerprint density at radius 2 is 2.19 bits per heavy atom. The van der Waals surface area contributed by atoms with Gasteiger partial charge in [0.2, 0.25) is 0 Å². The molecule has 1 unspecified atom stereocenters. The molecule has 1 aromatic carbocycles. The summed E-state index contributed by atoms with van der Waals surface area (Å²) in [7, 11) is 0. The molecule has 0 bridgehead atoms. The topological polar surface area (TPSA) is 48.0 Å². The molecule has 1 saturated heterocycles. The van der Waals surface area contributed by atoms with Gasteiger partial charge < -0.3 is 17.4 Å². The van der Waals surface area contributed by atoms with Crippen molar-refractivity contribution < 1.29 is 17.3 Å². The third kappa shape index (κ3) is 4.74. The fourth-order valence-electron chi connectivity index (χ4n) is 2.11. The van der Waals surface area contributed by atoms with Crippen LogP contribution in [0.3, 0.4) is 0 Å². The predicted octanol–water partition coefficient (Wildman–Crippen LogP) is 3.72. The standard InChI is InChI=1S/C15H20INO4/c1-15(2,3)20-14(18)17-7-8-19-13(10-17)11-5-4-6-12(9-11)21-16/h4-6,9,13H,7-8,10H2,1-3H3. The summed E-state index contributed by atoms with van der Waals surface area (Å²) in [5.74, 6) is 0.770. The highest BCUT2D eigenvalue weighted by Crippen LogP contribution is 2.26. The van der Waals surface area contributed by atoms with Crippen molar-refractivity contribution in [3.05, 3.63) is 29.8 Å². The van der Waals surface area contributed by atoms with Gasteiger partial charge in [-0.1, -0.05) is 12.1 Å². The van der Waals surface area contributed by atoms with Crippen LogP contribution in [-0.4, -0.2) is 36.3 Å². The van der Waals surface area contributed by atoms with Gasteiger partial charge in [-0.05, 0) is 38.5 Å². The van der Waals surface area contributed by atoms with E-state index >= 15 is 0 Å². The predicted molar refractivity (Wildman–Crippen MR) is 87.6 cm³/mol. The van der Waals surface area contributed by atoms with E-state index < -0.39 is 5.60 Å². The Morgan fingerprint density at radius 1 is 1.43 bits per heavy atom. The molecule has 21 heavy (non-hydrogen) atoms. The van der Waals surface area contributed by atoms with Crippen molar-refractivity contribution >= 4 is 29.1 Å². The first-order chi connectivity index (χ1) is 9.89. The number of morpholine rings is 1. The molecule has 1 amide bonds. The molecule has 0 spiro atoms. The van der Waals surface area contributed by atoms with Gasteiger partial charge in [0.1, 0.15) is 17.5 Å². The largest absolute Gasteiger partial charge is 0.444 e. The average Bonchev–Trinajstić information content (AvgIpc) is 2.46. The number of carbonyl (C=O) groups is 1. The molecule has 2 rings (SSSR count). The molecule has 0 saturated carbocycles. The minimum absolute atomic E-state index is 0.155. The number of rotatable bonds is 2. The smallest absolute Gasteiger partial charge is 0.410 e. The van der Waals surface area contributed by atoms with E-state index in [0.717, 1.165) is 11.3 Å². The fraction of sp³-hybridized carbons (Fsp3) is 0.533. The Kier molecular flexibility index (Phi) is 5.32. The van der Waals surface area contributed by atoms with E-state index in [-0.39, 0.29) is 12.2 Å². The average molecular weight is 405 g/mol. The molecule has 6 heteroatoms. The summed E-state index contributed by atoms with van der Waals surface area (Å²) in [5, 5.41) is 0. The van der Waals surface area contributed by atoms with Crippen molar-refractivity contribution in [1.29, 1.82) is 0 Å². The van der Waals surface area contributed by atoms with Crippen LogP contribution in [0.4, 0.5) is 4.79 Å². The molecule has 0 radical (unpaired) electrons. The summed E-state index contributed by atoms with van der Waals surface area (Å²) in [6.45, 7) is 7.13. The maximum Gasteiger partial charge on any atom is 0.410 e. The molecule has 0 N–H and O–H groups in total. The number of halogens is 1. The number of hydrogen-bond donors (Lipinski definition) is 0. The van der Waals surface area contributed by atoms with Gasteiger partial charge in [-0.25, -0.2) is 4.79 Å². The maximum absolute atomic E-state index is 12.1. The van der Waals surface area contributed by atoms with Crippen molar-refractivity contribution in [3.63, 3.8) is 0 Å². The second-order valence-electron chi connectivity index (χ2n) is 5.94. The zero-order valence-electron chi connectivity index (χ0n) is 12.5. The highest BCUT2D eigenvalue weighted by molar-refractivity contribution is 14.1. The van der Waals surface area contributed by atoms with Crippen LogP contribution in [-0.2, 0) is 9.47 Å². The Morgan fingerprint density at radius 3 is 2.86 bits per heavy atom. The zero-order chi connectivity index (χ0) is 15.5. The van der Waals surface area contributed by atoms with Crippen molar-refractivity contribution in [3.8, 4) is 5.75 Å². The van der Waals surface area contributed by atoms with Gasteiger partial charge >= 0.3 is 6.09 Å². The second kappa shape index (κ2) is 6.83. The number of carbonyl (C=O) groups excluding carboxylic acids is 1. The number of ether oxygens (including phenoxy) is 2. The number of benzene rings is 1. The van der Waals surface area contributed by atoms with Gasteiger partial charge in [0.25, 0.3) is 0 Å². The Hall–Kier alpha value is -1.02. The van der Waals surface area contributed by atoms with Crippen LogP contribution in [0.2, 0.25) is 0 Å². The normalized spacial score (nSPS) is 19.2. The van der Waals surface area contributed by atoms with Crippen molar-refractivity contribution in [1.82, 2.24) is 4.90 Å². The third-order valence-corrected chi connectivity index (χ3v) is 3.55. The zero-order valence-corrected chi connectivity index (χ0v) is 14.6. The quantitative estimate of drug-likeness (QED) is 0.704. The third-order valence-electron chi connectivity index (χ3n) is 3.04. The van der Waals surface area contributed by atoms with E-state index in [2.05, 4.69) is 0 Å². The van der Waals surface area contributed by atoms with Crippen molar-refractivity contribution in [2.45, 2.75) is 32.5 Å². The summed E-state index contributed by atoms with van der Waals surface area (Å²) in [6, 6.07) is 7.70. The lowest BCUT2D eigenvalue weighted by Gasteiger charge is -2.34. The van der Waals surface area contributed by atoms with E-state index in [9.17, 15) is 4.79 Å². The summed E-state index contributed by atoms with van der Waals surface area (Å²) in [4.78, 5) is 13.8. The lowest BCUT2D eigenvalue weighted by molar-refractivity contribution is -0.0433. The molecule has 1 heterocycles. The van der Waals surface area contributed by atoms with E-state index in [0.29, 0.717) is 19.7 Å². The van der Waals surface area contributed by atoms with Gasteiger partial charge in [-0.3, -0.25) is 0 Å². The SMILES string of the molecule is CC(C)(C)OC(=O)N1CCOC(c2cccc(OI)c2)C1. The molecule has 1 aliphatic heterocycles. The molecule has 5 nitrogen and oxygen atoms in total. The van der Waals surface area contributed by atoms with Crippen LogP contribution in [0.15, 0.2) is 24.3 Å². The number of amides is 1. The van der Waals surface area contributed by atoms with Crippen molar-refractivity contribution in [2.75, 3.05) is 19.7 Å². The van der Waals surface area contributed by atoms with Crippen LogP contribution in [0, 0.1) is 0 Å². The lowest BCUT2D eigenvalue weighted by Crippen LogP contribution is -2.44. The number of nitrogens with zero attached hydrogens (tertiary/aromatic N) is 1. The lowest BCUT2D eigenvalue weighted by atomic mass is 10.1. The van der Waals surface area contributed by atoms with E-state index in [1.165, 1.54) is 0 Å². The Labute approximate surface area is 139 Å². The molecule has 0 aliphatic carbocycles. The van der Waals surface area contributed by atoms with Crippen LogP contribution in [0.25, 0.3) is 0 Å². The molecular weight excluding hydrogens is 385 g/mol. The highest BCUT2D eigenvalue weighted by Gasteiger charge is 2.29. The molecule has 1 aromatic rings. The molecule has 1 aliphatic rings. The fourth-order valence-corrected chi connectivity index (χ4v) is 2.38. The summed E-state index contributed by atoms with van der Waals surface area (Å²) >= 11 is 1.84. The summed E-state index contributed by atoms with van der Waals surface area (Å²) in [5.41, 5.74) is 0.511. The van der Waals surface area contributed by atoms with Crippen LogP contribution in [0.5, 0.6) is 5.75 Å². The number of hydrogen-bond acceptors (Lipinski definition) is 4. The van der Waals surface area contributed by atoms with E-state index in [1.54, 1.807) is 4.90 Å². The van der Waals surface area contributed by atoms with Crippen LogP contribution >= 0.6 is 23.0 Å². The van der Waals surface area contributed by atoms with Crippen LogP contribution in [0.1, 0.15) is 32.4 Å². The van der Waals surface area contributed by atoms with Crippen molar-refractivity contribution in [2.24, 2.45) is 0 Å². The minimum atomic E-state index is -0.486. The van der Waals surface area contributed by atoms with Gasteiger partial charge in [0.15, 0.2) is 23.0 Å². The first-order valence-corrected chi connectivity index (χ1v) is 7.75. The maximum atomic E-state index is 12.1. The Bertz CT molecular complexity index is 501. The minimum Gasteiger partial charge on any atom is -0.444 e. The monoisotopic (exact) mass is 405 g/mol. The Balaban J connectivity index is 2.04. The molecule has 1 atom stereocenters. The summed E-state index contributed by atoms with van der Waals surface area (Å²) < 4.78 is 16.4. The molecule has 1 fully saturated rings. The highest BCUT2D eigenvalue weighted by atomic mass is 127. The molecule has 116 valence electrons. The van der Waals surface area contributed by atoms with Gasteiger partial charge in [0.05, 0.1) is 13.2 Å². The summed E-state index contributed by atoms with van der Waals surface area (Å²) in [6.07, 6.45) is -0.449. The first-order valence-electron chi connectivity index (χ1n) is 6.87. The van der Waals surface area contributed by atoms with Gasteiger partial charge in [-0.2, -0.15) is 0 Å². The second-order valence-corrected chi connectivity index (χ2v) is 6.38. The van der Waals surface area contributed by atoms with E-state index in [4.69, 9.17) is 12.5 Å². The molecule has 0 aromatic heterocycles. The first kappa shape index (κ1) is 16.4. The van der Waals surface area contributed by atoms with Crippen LogP contribution < -0.4 is 3.07 Å².